The fraction of sp³-hybridized carbons (Fsp3) is 0.133. The van der Waals surface area contributed by atoms with Gasteiger partial charge in [0.2, 0.25) is 0 Å². The Morgan fingerprint density at radius 2 is 2.00 bits per heavy atom. The maximum atomic E-state index is 13.8. The third kappa shape index (κ3) is 3.20. The molecule has 2 rings (SSSR count). The van der Waals surface area contributed by atoms with Gasteiger partial charge in [0.05, 0.1) is 17.1 Å². The number of carbonyl (C=O) groups excluding carboxylic acids is 1. The predicted octanol–water partition coefficient (Wildman–Crippen LogP) is 4.02. The van der Waals surface area contributed by atoms with Gasteiger partial charge in [-0.3, -0.25) is 4.79 Å². The van der Waals surface area contributed by atoms with E-state index in [0.717, 1.165) is 5.56 Å². The molecule has 2 nitrogen and oxygen atoms in total. The average Bonchev–Trinajstić information content (AvgIpc) is 2.42. The Kier molecular flexibility index (Phi) is 4.32. The summed E-state index contributed by atoms with van der Waals surface area (Å²) in [6.45, 7) is 0. The van der Waals surface area contributed by atoms with Crippen LogP contribution < -0.4 is 4.74 Å². The van der Waals surface area contributed by atoms with E-state index in [0.29, 0.717) is 10.2 Å². The topological polar surface area (TPSA) is 26.3 Å². The van der Waals surface area contributed by atoms with Crippen molar-refractivity contribution in [3.63, 3.8) is 0 Å². The summed E-state index contributed by atoms with van der Waals surface area (Å²) in [6.07, 6.45) is 0.143. The Morgan fingerprint density at radius 3 is 2.74 bits per heavy atom. The first-order valence-electron chi connectivity index (χ1n) is 5.72. The zero-order valence-electron chi connectivity index (χ0n) is 10.3. The lowest BCUT2D eigenvalue weighted by molar-refractivity contribution is 0.0989. The SMILES string of the molecule is COc1cccc(CC(=O)c2cccc(Br)c2F)c1. The Balaban J connectivity index is 2.23. The van der Waals surface area contributed by atoms with Crippen molar-refractivity contribution >= 4 is 21.7 Å². The molecule has 0 heterocycles. The van der Waals surface area contributed by atoms with Crippen molar-refractivity contribution in [1.29, 1.82) is 0 Å². The lowest BCUT2D eigenvalue weighted by Crippen LogP contribution is -2.06. The third-order valence-corrected chi connectivity index (χ3v) is 3.36. The van der Waals surface area contributed by atoms with Crippen molar-refractivity contribution in [2.24, 2.45) is 0 Å². The predicted molar refractivity (Wildman–Crippen MR) is 75.1 cm³/mol. The smallest absolute Gasteiger partial charge is 0.170 e. The van der Waals surface area contributed by atoms with Gasteiger partial charge >= 0.3 is 0 Å². The minimum atomic E-state index is -0.518. The lowest BCUT2D eigenvalue weighted by Gasteiger charge is -2.06. The highest BCUT2D eigenvalue weighted by Crippen LogP contribution is 2.21. The lowest BCUT2D eigenvalue weighted by atomic mass is 10.0. The van der Waals surface area contributed by atoms with Crippen molar-refractivity contribution in [3.8, 4) is 5.75 Å². The van der Waals surface area contributed by atoms with Gasteiger partial charge in [0.1, 0.15) is 11.6 Å². The Morgan fingerprint density at radius 1 is 1.26 bits per heavy atom. The van der Waals surface area contributed by atoms with Crippen LogP contribution in [-0.4, -0.2) is 12.9 Å². The maximum absolute atomic E-state index is 13.8. The number of rotatable bonds is 4. The van der Waals surface area contributed by atoms with Crippen molar-refractivity contribution in [1.82, 2.24) is 0 Å². The molecule has 0 aliphatic carbocycles. The van der Waals surface area contributed by atoms with Crippen LogP contribution in [0.15, 0.2) is 46.9 Å². The molecule has 0 bridgehead atoms. The summed E-state index contributed by atoms with van der Waals surface area (Å²) >= 11 is 3.08. The highest BCUT2D eigenvalue weighted by Gasteiger charge is 2.14. The number of carbonyl (C=O) groups is 1. The van der Waals surface area contributed by atoms with Crippen LogP contribution in [0.2, 0.25) is 0 Å². The molecule has 2 aromatic carbocycles. The molecule has 0 atom stereocenters. The standard InChI is InChI=1S/C15H12BrFO2/c1-19-11-5-2-4-10(8-11)9-14(18)12-6-3-7-13(16)15(12)17/h2-8H,9H2,1H3. The van der Waals surface area contributed by atoms with Crippen LogP contribution in [-0.2, 0) is 6.42 Å². The van der Waals surface area contributed by atoms with E-state index in [-0.39, 0.29) is 17.8 Å². The molecule has 0 saturated carbocycles. The number of ketones is 1. The molecular formula is C15H12BrFO2. The summed E-state index contributed by atoms with van der Waals surface area (Å²) in [5.74, 6) is -0.0949. The van der Waals surface area contributed by atoms with Crippen LogP contribution in [0.25, 0.3) is 0 Å². The van der Waals surface area contributed by atoms with E-state index in [1.54, 1.807) is 37.4 Å². The molecule has 0 aliphatic rings. The molecule has 0 unspecified atom stereocenters. The molecule has 0 N–H and O–H groups in total. The van der Waals surface area contributed by atoms with E-state index >= 15 is 0 Å². The molecule has 0 amide bonds. The van der Waals surface area contributed by atoms with Crippen molar-refractivity contribution in [2.45, 2.75) is 6.42 Å². The van der Waals surface area contributed by atoms with Gasteiger partial charge in [-0.1, -0.05) is 18.2 Å². The molecule has 0 saturated heterocycles. The van der Waals surface area contributed by atoms with E-state index in [2.05, 4.69) is 15.9 Å². The molecule has 98 valence electrons. The highest BCUT2D eigenvalue weighted by molar-refractivity contribution is 9.10. The molecule has 0 radical (unpaired) electrons. The van der Waals surface area contributed by atoms with Crippen molar-refractivity contribution < 1.29 is 13.9 Å². The van der Waals surface area contributed by atoms with E-state index < -0.39 is 5.82 Å². The van der Waals surface area contributed by atoms with Crippen LogP contribution in [0.1, 0.15) is 15.9 Å². The van der Waals surface area contributed by atoms with Crippen LogP contribution in [0.4, 0.5) is 4.39 Å². The van der Waals surface area contributed by atoms with Gasteiger partial charge in [0.15, 0.2) is 5.78 Å². The van der Waals surface area contributed by atoms with Gasteiger partial charge in [0.25, 0.3) is 0 Å². The van der Waals surface area contributed by atoms with Gasteiger partial charge in [0, 0.05) is 6.42 Å². The van der Waals surface area contributed by atoms with E-state index in [1.165, 1.54) is 6.07 Å². The Bertz CT molecular complexity index is 611. The fourth-order valence-electron chi connectivity index (χ4n) is 1.78. The van der Waals surface area contributed by atoms with Gasteiger partial charge in [-0.05, 0) is 45.8 Å². The number of halogens is 2. The summed E-state index contributed by atoms with van der Waals surface area (Å²) in [4.78, 5) is 12.1. The molecule has 0 aliphatic heterocycles. The number of Topliss-reactive ketones (excluding diaryl/α,β-unsaturated/α-hetero) is 1. The molecule has 4 heteroatoms. The van der Waals surface area contributed by atoms with Gasteiger partial charge in [-0.15, -0.1) is 0 Å². The van der Waals surface area contributed by atoms with Crippen molar-refractivity contribution in [3.05, 3.63) is 63.9 Å². The van der Waals surface area contributed by atoms with Crippen LogP contribution in [0.5, 0.6) is 5.75 Å². The number of hydrogen-bond acceptors (Lipinski definition) is 2. The summed E-state index contributed by atoms with van der Waals surface area (Å²) in [5, 5.41) is 0. The second-order valence-corrected chi connectivity index (χ2v) is 4.91. The molecule has 0 fully saturated rings. The summed E-state index contributed by atoms with van der Waals surface area (Å²) in [5.41, 5.74) is 0.890. The quantitative estimate of drug-likeness (QED) is 0.795. The van der Waals surface area contributed by atoms with E-state index in [9.17, 15) is 9.18 Å². The van der Waals surface area contributed by atoms with Gasteiger partial charge in [-0.25, -0.2) is 4.39 Å². The largest absolute Gasteiger partial charge is 0.497 e. The molecular weight excluding hydrogens is 311 g/mol. The van der Waals surface area contributed by atoms with Gasteiger partial charge < -0.3 is 4.74 Å². The Hall–Kier alpha value is -1.68. The normalized spacial score (nSPS) is 10.3. The van der Waals surface area contributed by atoms with E-state index in [1.807, 2.05) is 6.07 Å². The molecule has 0 aromatic heterocycles. The van der Waals surface area contributed by atoms with Gasteiger partial charge in [-0.2, -0.15) is 0 Å². The van der Waals surface area contributed by atoms with Crippen molar-refractivity contribution in [2.75, 3.05) is 7.11 Å². The molecule has 2 aromatic rings. The second-order valence-electron chi connectivity index (χ2n) is 4.05. The number of benzene rings is 2. The zero-order chi connectivity index (χ0) is 13.8. The third-order valence-electron chi connectivity index (χ3n) is 2.75. The minimum Gasteiger partial charge on any atom is -0.497 e. The summed E-state index contributed by atoms with van der Waals surface area (Å²) in [7, 11) is 1.56. The second kappa shape index (κ2) is 5.97. The minimum absolute atomic E-state index is 0.0946. The Labute approximate surface area is 119 Å². The number of hydrogen-bond donors (Lipinski definition) is 0. The summed E-state index contributed by atoms with van der Waals surface area (Å²) < 4.78 is 19.2. The van der Waals surface area contributed by atoms with Crippen LogP contribution >= 0.6 is 15.9 Å². The first kappa shape index (κ1) is 13.7. The zero-order valence-corrected chi connectivity index (χ0v) is 11.9. The maximum Gasteiger partial charge on any atom is 0.170 e. The monoisotopic (exact) mass is 322 g/mol. The van der Waals surface area contributed by atoms with Crippen LogP contribution in [0, 0.1) is 5.82 Å². The highest BCUT2D eigenvalue weighted by atomic mass is 79.9. The number of methoxy groups -OCH3 is 1. The average molecular weight is 323 g/mol. The number of ether oxygens (including phenoxy) is 1. The fourth-order valence-corrected chi connectivity index (χ4v) is 2.15. The molecule has 0 spiro atoms. The summed E-state index contributed by atoms with van der Waals surface area (Å²) in [6, 6.07) is 11.9. The first-order chi connectivity index (χ1) is 9.11. The first-order valence-corrected chi connectivity index (χ1v) is 6.51. The van der Waals surface area contributed by atoms with Crippen LogP contribution in [0.3, 0.4) is 0 Å². The van der Waals surface area contributed by atoms with E-state index in [4.69, 9.17) is 4.74 Å². The molecule has 19 heavy (non-hydrogen) atoms.